The number of hydrogen-bond donors (Lipinski definition) is 2. The van der Waals surface area contributed by atoms with Crippen LogP contribution in [0.15, 0.2) is 42.5 Å². The Morgan fingerprint density at radius 3 is 2.72 bits per heavy atom. The molecule has 0 bridgehead atoms. The van der Waals surface area contributed by atoms with E-state index in [-0.39, 0.29) is 0 Å². The van der Waals surface area contributed by atoms with Crippen molar-refractivity contribution < 1.29 is 14.6 Å². The van der Waals surface area contributed by atoms with Crippen molar-refractivity contribution in [3.8, 4) is 5.75 Å². The second-order valence-corrected chi connectivity index (χ2v) is 3.87. The van der Waals surface area contributed by atoms with Gasteiger partial charge in [-0.25, -0.2) is 0 Å². The van der Waals surface area contributed by atoms with Crippen LogP contribution >= 0.6 is 0 Å². The maximum Gasteiger partial charge on any atom is 0.245 e. The molecular formula is C14H15NO3. The molecule has 0 saturated carbocycles. The number of ether oxygens (including phenoxy) is 1. The van der Waals surface area contributed by atoms with Gasteiger partial charge in [-0.3, -0.25) is 4.79 Å². The van der Waals surface area contributed by atoms with Crippen molar-refractivity contribution in [3.63, 3.8) is 0 Å². The fraction of sp³-hybridized carbons (Fsp3) is 0.214. The first-order valence-electron chi connectivity index (χ1n) is 5.79. The maximum absolute atomic E-state index is 10.8. The molecule has 18 heavy (non-hydrogen) atoms. The van der Waals surface area contributed by atoms with Gasteiger partial charge in [-0.15, -0.1) is 0 Å². The molecule has 94 valence electrons. The molecule has 0 spiro atoms. The van der Waals surface area contributed by atoms with E-state index in [1.807, 2.05) is 42.5 Å². The minimum atomic E-state index is -0.490. The summed E-state index contributed by atoms with van der Waals surface area (Å²) in [6.45, 7) is 0.270. The molecule has 2 rings (SSSR count). The average Bonchev–Trinajstić information content (AvgIpc) is 2.43. The highest BCUT2D eigenvalue weighted by Gasteiger charge is 1.99. The molecule has 0 aliphatic rings. The molecule has 0 unspecified atom stereocenters. The normalized spacial score (nSPS) is 10.3. The Morgan fingerprint density at radius 1 is 1.17 bits per heavy atom. The molecule has 2 aromatic rings. The number of hydrogen-bond acceptors (Lipinski definition) is 3. The molecular weight excluding hydrogens is 230 g/mol. The fourth-order valence-electron chi connectivity index (χ4n) is 1.67. The summed E-state index contributed by atoms with van der Waals surface area (Å²) < 4.78 is 5.51. The van der Waals surface area contributed by atoms with E-state index in [4.69, 9.17) is 9.84 Å². The largest absolute Gasteiger partial charge is 0.492 e. The Bertz CT molecular complexity index is 539. The molecule has 0 saturated heterocycles. The van der Waals surface area contributed by atoms with Crippen LogP contribution in [0.25, 0.3) is 10.8 Å². The molecule has 0 aliphatic carbocycles. The third kappa shape index (κ3) is 3.21. The summed E-state index contributed by atoms with van der Waals surface area (Å²) in [6, 6.07) is 13.9. The zero-order valence-corrected chi connectivity index (χ0v) is 9.93. The van der Waals surface area contributed by atoms with Crippen molar-refractivity contribution in [2.75, 3.05) is 19.8 Å². The number of carbonyl (C=O) groups is 1. The van der Waals surface area contributed by atoms with Crippen LogP contribution in [0.4, 0.5) is 0 Å². The Morgan fingerprint density at radius 2 is 1.94 bits per heavy atom. The molecule has 0 atom stereocenters. The monoisotopic (exact) mass is 245 g/mol. The van der Waals surface area contributed by atoms with E-state index < -0.39 is 12.5 Å². The molecule has 0 radical (unpaired) electrons. The Labute approximate surface area is 105 Å². The number of amides is 1. The summed E-state index contributed by atoms with van der Waals surface area (Å²) in [7, 11) is 0. The third-order valence-corrected chi connectivity index (χ3v) is 2.56. The standard InChI is InChI=1S/C14H15NO3/c16-10-14(17)15-7-8-18-13-6-5-11-3-1-2-4-12(11)9-13/h1-6,9,16H,7-8,10H2,(H,15,17). The van der Waals surface area contributed by atoms with E-state index in [2.05, 4.69) is 5.32 Å². The van der Waals surface area contributed by atoms with E-state index >= 15 is 0 Å². The third-order valence-electron chi connectivity index (χ3n) is 2.56. The van der Waals surface area contributed by atoms with Crippen LogP contribution in [0.1, 0.15) is 0 Å². The van der Waals surface area contributed by atoms with Gasteiger partial charge in [-0.05, 0) is 22.9 Å². The van der Waals surface area contributed by atoms with Gasteiger partial charge >= 0.3 is 0 Å². The molecule has 0 heterocycles. The molecule has 4 heteroatoms. The van der Waals surface area contributed by atoms with Crippen molar-refractivity contribution in [2.45, 2.75) is 0 Å². The summed E-state index contributed by atoms with van der Waals surface area (Å²) in [6.07, 6.45) is 0. The Hall–Kier alpha value is -2.07. The highest BCUT2D eigenvalue weighted by Crippen LogP contribution is 2.20. The first-order chi connectivity index (χ1) is 8.79. The number of benzene rings is 2. The van der Waals surface area contributed by atoms with E-state index in [0.717, 1.165) is 11.1 Å². The molecule has 0 aliphatic heterocycles. The highest BCUT2D eigenvalue weighted by atomic mass is 16.5. The van der Waals surface area contributed by atoms with E-state index in [1.165, 1.54) is 5.39 Å². The molecule has 0 fully saturated rings. The van der Waals surface area contributed by atoms with Crippen molar-refractivity contribution in [1.82, 2.24) is 5.32 Å². The summed E-state index contributed by atoms with van der Waals surface area (Å²) in [4.78, 5) is 10.8. The lowest BCUT2D eigenvalue weighted by atomic mass is 10.1. The van der Waals surface area contributed by atoms with Crippen molar-refractivity contribution in [2.24, 2.45) is 0 Å². The molecule has 2 N–H and O–H groups in total. The van der Waals surface area contributed by atoms with E-state index in [0.29, 0.717) is 13.2 Å². The molecule has 0 aromatic heterocycles. The van der Waals surface area contributed by atoms with Gasteiger partial charge in [0.05, 0.1) is 6.54 Å². The van der Waals surface area contributed by atoms with Crippen molar-refractivity contribution in [3.05, 3.63) is 42.5 Å². The number of rotatable bonds is 5. The average molecular weight is 245 g/mol. The zero-order valence-electron chi connectivity index (χ0n) is 9.93. The van der Waals surface area contributed by atoms with Gasteiger partial charge in [-0.2, -0.15) is 0 Å². The van der Waals surface area contributed by atoms with Gasteiger partial charge in [0.15, 0.2) is 0 Å². The van der Waals surface area contributed by atoms with Gasteiger partial charge in [0.2, 0.25) is 5.91 Å². The minimum absolute atomic E-state index is 0.379. The molecule has 1 amide bonds. The van der Waals surface area contributed by atoms with Crippen LogP contribution in [-0.2, 0) is 4.79 Å². The zero-order chi connectivity index (χ0) is 12.8. The smallest absolute Gasteiger partial charge is 0.245 e. The lowest BCUT2D eigenvalue weighted by molar-refractivity contribution is -0.123. The van der Waals surface area contributed by atoms with Gasteiger partial charge in [-0.1, -0.05) is 30.3 Å². The van der Waals surface area contributed by atoms with Crippen LogP contribution in [-0.4, -0.2) is 30.8 Å². The van der Waals surface area contributed by atoms with Crippen LogP contribution in [0.3, 0.4) is 0 Å². The first kappa shape index (κ1) is 12.4. The fourth-order valence-corrected chi connectivity index (χ4v) is 1.67. The minimum Gasteiger partial charge on any atom is -0.492 e. The number of nitrogens with one attached hydrogen (secondary N) is 1. The quantitative estimate of drug-likeness (QED) is 0.781. The van der Waals surface area contributed by atoms with Gasteiger partial charge in [0.25, 0.3) is 0 Å². The summed E-state index contributed by atoms with van der Waals surface area (Å²) in [5.41, 5.74) is 0. The predicted octanol–water partition coefficient (Wildman–Crippen LogP) is 1.33. The van der Waals surface area contributed by atoms with Crippen molar-refractivity contribution in [1.29, 1.82) is 0 Å². The van der Waals surface area contributed by atoms with E-state index in [1.54, 1.807) is 0 Å². The maximum atomic E-state index is 10.8. The Balaban J connectivity index is 1.90. The second kappa shape index (κ2) is 6.02. The number of carbonyl (C=O) groups excluding carboxylic acids is 1. The summed E-state index contributed by atoms with van der Waals surface area (Å²) in [5, 5.41) is 13.3. The predicted molar refractivity (Wildman–Crippen MR) is 69.5 cm³/mol. The van der Waals surface area contributed by atoms with Gasteiger partial charge in [0.1, 0.15) is 19.0 Å². The van der Waals surface area contributed by atoms with Crippen LogP contribution in [0.5, 0.6) is 5.75 Å². The first-order valence-corrected chi connectivity index (χ1v) is 5.79. The van der Waals surface area contributed by atoms with Crippen LogP contribution in [0, 0.1) is 0 Å². The second-order valence-electron chi connectivity index (χ2n) is 3.87. The summed E-state index contributed by atoms with van der Waals surface area (Å²) >= 11 is 0. The van der Waals surface area contributed by atoms with Gasteiger partial charge in [0, 0.05) is 0 Å². The number of aliphatic hydroxyl groups is 1. The lowest BCUT2D eigenvalue weighted by Gasteiger charge is -2.07. The van der Waals surface area contributed by atoms with Gasteiger partial charge < -0.3 is 15.2 Å². The van der Waals surface area contributed by atoms with E-state index in [9.17, 15) is 4.79 Å². The topological polar surface area (TPSA) is 58.6 Å². The lowest BCUT2D eigenvalue weighted by Crippen LogP contribution is -2.30. The number of fused-ring (bicyclic) bond motifs is 1. The van der Waals surface area contributed by atoms with Crippen LogP contribution in [0.2, 0.25) is 0 Å². The Kier molecular flexibility index (Phi) is 4.15. The molecule has 2 aromatic carbocycles. The SMILES string of the molecule is O=C(CO)NCCOc1ccc2ccccc2c1. The van der Waals surface area contributed by atoms with Crippen LogP contribution < -0.4 is 10.1 Å². The number of aliphatic hydroxyl groups excluding tert-OH is 1. The molecule has 4 nitrogen and oxygen atoms in total. The summed E-state index contributed by atoms with van der Waals surface area (Å²) in [5.74, 6) is 0.379. The highest BCUT2D eigenvalue weighted by molar-refractivity contribution is 5.83. The van der Waals surface area contributed by atoms with Crippen molar-refractivity contribution >= 4 is 16.7 Å².